The molecule has 138 valence electrons. The molecule has 1 heterocycles. The Morgan fingerprint density at radius 2 is 1.92 bits per heavy atom. The first-order chi connectivity index (χ1) is 12.2. The molecule has 0 bridgehead atoms. The van der Waals surface area contributed by atoms with E-state index in [1.165, 1.54) is 56.7 Å². The van der Waals surface area contributed by atoms with Gasteiger partial charge in [0.1, 0.15) is 6.20 Å². The second-order valence-corrected chi connectivity index (χ2v) is 7.38. The van der Waals surface area contributed by atoms with Gasteiger partial charge in [0, 0.05) is 19.8 Å². The van der Waals surface area contributed by atoms with Crippen molar-refractivity contribution in [2.75, 3.05) is 26.0 Å². The van der Waals surface area contributed by atoms with Crippen molar-refractivity contribution in [2.45, 2.75) is 4.90 Å². The summed E-state index contributed by atoms with van der Waals surface area (Å²) in [5.74, 6) is -1.18. The number of anilines is 1. The van der Waals surface area contributed by atoms with Crippen molar-refractivity contribution in [1.82, 2.24) is 9.29 Å². The molecule has 0 fully saturated rings. The van der Waals surface area contributed by atoms with Crippen LogP contribution in [0.2, 0.25) is 0 Å². The largest absolute Gasteiger partial charge is 0.476 e. The van der Waals surface area contributed by atoms with Gasteiger partial charge in [-0.05, 0) is 46.3 Å². The Hall–Kier alpha value is -3.05. The van der Waals surface area contributed by atoms with Gasteiger partial charge in [-0.15, -0.1) is 0 Å². The van der Waals surface area contributed by atoms with Crippen LogP contribution in [0, 0.1) is 10.1 Å². The Morgan fingerprint density at radius 1 is 1.27 bits per heavy atom. The molecule has 0 aliphatic heterocycles. The third kappa shape index (κ3) is 4.52. The highest BCUT2D eigenvalue weighted by Gasteiger charge is 2.18. The predicted molar refractivity (Wildman–Crippen MR) is 92.3 cm³/mol. The van der Waals surface area contributed by atoms with Gasteiger partial charge in [0.15, 0.2) is 6.61 Å². The molecule has 0 radical (unpaired) electrons. The quantitative estimate of drug-likeness (QED) is 0.565. The summed E-state index contributed by atoms with van der Waals surface area (Å²) in [6.07, 6.45) is 1.24. The number of aromatic nitrogens is 1. The van der Waals surface area contributed by atoms with Crippen molar-refractivity contribution < 1.29 is 22.9 Å². The zero-order chi connectivity index (χ0) is 19.3. The van der Waals surface area contributed by atoms with Crippen LogP contribution < -0.4 is 10.1 Å². The van der Waals surface area contributed by atoms with E-state index >= 15 is 0 Å². The molecule has 0 aliphatic carbocycles. The number of nitrogens with one attached hydrogen (secondary N) is 1. The number of nitro groups is 1. The first kappa shape index (κ1) is 19.3. The van der Waals surface area contributed by atoms with Crippen molar-refractivity contribution in [3.05, 3.63) is 52.7 Å². The summed E-state index contributed by atoms with van der Waals surface area (Å²) < 4.78 is 30.1. The van der Waals surface area contributed by atoms with E-state index in [1.807, 2.05) is 0 Å². The standard InChI is InChI=1S/C15H16N4O6S/c1-18(2)26(23,24)12-7-5-11(6-8-12)17-14(20)10-25-13-4-3-9-16-15(13)19(21)22/h3-9H,10H2,1-2H3,(H,17,20). The van der Waals surface area contributed by atoms with E-state index in [4.69, 9.17) is 4.74 Å². The summed E-state index contributed by atoms with van der Waals surface area (Å²) in [4.78, 5) is 25.7. The maximum absolute atomic E-state index is 12.0. The molecule has 1 aromatic heterocycles. The molecule has 1 aromatic carbocycles. The number of pyridine rings is 1. The number of hydrogen-bond acceptors (Lipinski definition) is 7. The predicted octanol–water partition coefficient (Wildman–Crippen LogP) is 1.26. The van der Waals surface area contributed by atoms with Gasteiger partial charge in [-0.1, -0.05) is 0 Å². The SMILES string of the molecule is CN(C)S(=O)(=O)c1ccc(NC(=O)COc2cccnc2[N+](=O)[O-])cc1. The van der Waals surface area contributed by atoms with Gasteiger partial charge < -0.3 is 20.2 Å². The number of benzene rings is 1. The van der Waals surface area contributed by atoms with Gasteiger partial charge in [0.05, 0.1) is 4.90 Å². The minimum Gasteiger partial charge on any atom is -0.476 e. The Morgan fingerprint density at radius 3 is 2.50 bits per heavy atom. The average molecular weight is 380 g/mol. The van der Waals surface area contributed by atoms with Crippen LogP contribution >= 0.6 is 0 Å². The van der Waals surface area contributed by atoms with E-state index in [1.54, 1.807) is 0 Å². The maximum atomic E-state index is 12.0. The smallest absolute Gasteiger partial charge is 0.406 e. The Balaban J connectivity index is 2.00. The number of carbonyl (C=O) groups is 1. The lowest BCUT2D eigenvalue weighted by Gasteiger charge is -2.12. The Kier molecular flexibility index (Phi) is 5.85. The van der Waals surface area contributed by atoms with Crippen molar-refractivity contribution in [3.63, 3.8) is 0 Å². The van der Waals surface area contributed by atoms with Crippen LogP contribution in [0.1, 0.15) is 0 Å². The number of sulfonamides is 1. The van der Waals surface area contributed by atoms with Crippen molar-refractivity contribution in [2.24, 2.45) is 0 Å². The molecule has 11 heteroatoms. The summed E-state index contributed by atoms with van der Waals surface area (Å²) >= 11 is 0. The highest BCUT2D eigenvalue weighted by atomic mass is 32.2. The molecular formula is C15H16N4O6S. The molecule has 0 spiro atoms. The third-order valence-corrected chi connectivity index (χ3v) is 5.03. The molecule has 0 atom stereocenters. The summed E-state index contributed by atoms with van der Waals surface area (Å²) in [6, 6.07) is 8.36. The molecule has 26 heavy (non-hydrogen) atoms. The molecule has 2 aromatic rings. The fraction of sp³-hybridized carbons (Fsp3) is 0.200. The van der Waals surface area contributed by atoms with Gasteiger partial charge in [-0.25, -0.2) is 12.7 Å². The minimum absolute atomic E-state index is 0.0859. The Labute approximate surface area is 149 Å². The first-order valence-corrected chi connectivity index (χ1v) is 8.70. The first-order valence-electron chi connectivity index (χ1n) is 7.26. The highest BCUT2D eigenvalue weighted by molar-refractivity contribution is 7.89. The lowest BCUT2D eigenvalue weighted by atomic mass is 10.3. The summed E-state index contributed by atoms with van der Waals surface area (Å²) in [6.45, 7) is -0.468. The van der Waals surface area contributed by atoms with Crippen LogP contribution in [0.3, 0.4) is 0 Å². The third-order valence-electron chi connectivity index (χ3n) is 3.20. The zero-order valence-electron chi connectivity index (χ0n) is 13.9. The van der Waals surface area contributed by atoms with Gasteiger partial charge >= 0.3 is 5.82 Å². The number of carbonyl (C=O) groups excluding carboxylic acids is 1. The average Bonchev–Trinajstić information content (AvgIpc) is 2.60. The minimum atomic E-state index is -3.56. The Bertz CT molecular complexity index is 912. The zero-order valence-corrected chi connectivity index (χ0v) is 14.8. The van der Waals surface area contributed by atoms with E-state index in [9.17, 15) is 23.3 Å². The van der Waals surface area contributed by atoms with Crippen LogP contribution in [0.5, 0.6) is 5.75 Å². The number of nitrogens with zero attached hydrogens (tertiary/aromatic N) is 3. The summed E-state index contributed by atoms with van der Waals surface area (Å²) in [5.41, 5.74) is 0.358. The van der Waals surface area contributed by atoms with Gasteiger partial charge in [0.25, 0.3) is 5.91 Å². The second kappa shape index (κ2) is 7.89. The fourth-order valence-corrected chi connectivity index (χ4v) is 2.80. The van der Waals surface area contributed by atoms with Crippen LogP contribution in [-0.2, 0) is 14.8 Å². The topological polar surface area (TPSA) is 132 Å². The van der Waals surface area contributed by atoms with Gasteiger partial charge in [-0.3, -0.25) is 4.79 Å². The maximum Gasteiger partial charge on any atom is 0.406 e. The molecule has 1 amide bonds. The lowest BCUT2D eigenvalue weighted by molar-refractivity contribution is -0.390. The lowest BCUT2D eigenvalue weighted by Crippen LogP contribution is -2.22. The van der Waals surface area contributed by atoms with Crippen LogP contribution in [0.4, 0.5) is 11.5 Å². The second-order valence-electron chi connectivity index (χ2n) is 5.23. The van der Waals surface area contributed by atoms with Gasteiger partial charge in [-0.2, -0.15) is 0 Å². The molecular weight excluding hydrogens is 364 g/mol. The van der Waals surface area contributed by atoms with Crippen LogP contribution in [-0.4, -0.2) is 49.2 Å². The van der Waals surface area contributed by atoms with Crippen molar-refractivity contribution >= 4 is 27.4 Å². The van der Waals surface area contributed by atoms with Crippen molar-refractivity contribution in [1.29, 1.82) is 0 Å². The van der Waals surface area contributed by atoms with E-state index in [-0.39, 0.29) is 10.6 Å². The summed E-state index contributed by atoms with van der Waals surface area (Å²) in [7, 11) is -0.723. The number of ether oxygens (including phenoxy) is 1. The van der Waals surface area contributed by atoms with Gasteiger partial charge in [0.2, 0.25) is 15.8 Å². The van der Waals surface area contributed by atoms with E-state index in [0.29, 0.717) is 5.69 Å². The number of rotatable bonds is 7. The molecule has 1 N–H and O–H groups in total. The monoisotopic (exact) mass is 380 g/mol. The van der Waals surface area contributed by atoms with E-state index in [0.717, 1.165) is 4.31 Å². The molecule has 0 aliphatic rings. The van der Waals surface area contributed by atoms with Crippen LogP contribution in [0.15, 0.2) is 47.5 Å². The summed E-state index contributed by atoms with van der Waals surface area (Å²) in [5, 5.41) is 13.3. The molecule has 10 nitrogen and oxygen atoms in total. The normalized spacial score (nSPS) is 11.2. The molecule has 0 unspecified atom stereocenters. The molecule has 2 rings (SSSR count). The fourth-order valence-electron chi connectivity index (χ4n) is 1.89. The van der Waals surface area contributed by atoms with E-state index in [2.05, 4.69) is 10.3 Å². The highest BCUT2D eigenvalue weighted by Crippen LogP contribution is 2.23. The molecule has 0 saturated carbocycles. The number of hydrogen-bond donors (Lipinski definition) is 1. The molecule has 0 saturated heterocycles. The van der Waals surface area contributed by atoms with Crippen molar-refractivity contribution in [3.8, 4) is 5.75 Å². The van der Waals surface area contributed by atoms with E-state index < -0.39 is 33.3 Å². The number of amides is 1. The van der Waals surface area contributed by atoms with Crippen LogP contribution in [0.25, 0.3) is 0 Å².